The summed E-state index contributed by atoms with van der Waals surface area (Å²) in [6.07, 6.45) is -2.81. The summed E-state index contributed by atoms with van der Waals surface area (Å²) in [5.41, 5.74) is -2.00. The zero-order chi connectivity index (χ0) is 23.6. The van der Waals surface area contributed by atoms with E-state index in [0.29, 0.717) is 44.7 Å². The van der Waals surface area contributed by atoms with Gasteiger partial charge in [0.05, 0.1) is 16.5 Å². The van der Waals surface area contributed by atoms with Crippen LogP contribution in [0.25, 0.3) is 0 Å². The molecule has 1 aromatic carbocycles. The lowest BCUT2D eigenvalue weighted by Gasteiger charge is -2.59. The van der Waals surface area contributed by atoms with E-state index in [-0.39, 0.29) is 31.2 Å². The van der Waals surface area contributed by atoms with Crippen molar-refractivity contribution < 1.29 is 30.8 Å². The first-order valence-electron chi connectivity index (χ1n) is 10.1. The highest BCUT2D eigenvalue weighted by Gasteiger charge is 2.57. The van der Waals surface area contributed by atoms with Crippen LogP contribution in [0.15, 0.2) is 29.4 Å². The summed E-state index contributed by atoms with van der Waals surface area (Å²) in [6, 6.07) is 1.34. The van der Waals surface area contributed by atoms with Gasteiger partial charge in [0.1, 0.15) is 12.1 Å². The predicted molar refractivity (Wildman–Crippen MR) is 103 cm³/mol. The molecular formula is C18H19F4N7O3S. The van der Waals surface area contributed by atoms with Crippen LogP contribution in [0.3, 0.4) is 0 Å². The van der Waals surface area contributed by atoms with Crippen LogP contribution in [0.5, 0.6) is 0 Å². The van der Waals surface area contributed by atoms with Gasteiger partial charge < -0.3 is 9.80 Å². The molecule has 178 valence electrons. The van der Waals surface area contributed by atoms with E-state index in [2.05, 4.69) is 15.5 Å². The summed E-state index contributed by atoms with van der Waals surface area (Å²) in [5, 5.41) is 11.0. The van der Waals surface area contributed by atoms with Crippen molar-refractivity contribution in [2.45, 2.75) is 23.5 Å². The number of hydrogen-bond acceptors (Lipinski definition) is 6. The number of carbonyl (C=O) groups excluding carboxylic acids is 1. The molecule has 0 aliphatic carbocycles. The van der Waals surface area contributed by atoms with Crippen LogP contribution in [0.2, 0.25) is 0 Å². The Balaban J connectivity index is 1.20. The van der Waals surface area contributed by atoms with E-state index in [4.69, 9.17) is 0 Å². The zero-order valence-electron chi connectivity index (χ0n) is 17.1. The molecule has 15 heteroatoms. The van der Waals surface area contributed by atoms with Crippen LogP contribution < -0.4 is 0 Å². The summed E-state index contributed by atoms with van der Waals surface area (Å²) < 4.78 is 81.3. The minimum absolute atomic E-state index is 0.00103. The molecule has 5 rings (SSSR count). The van der Waals surface area contributed by atoms with E-state index in [9.17, 15) is 30.8 Å². The van der Waals surface area contributed by atoms with E-state index in [1.54, 1.807) is 14.5 Å². The molecule has 1 atom stereocenters. The number of urea groups is 1. The Bertz CT molecular complexity index is 1170. The van der Waals surface area contributed by atoms with Crippen LogP contribution in [-0.4, -0.2) is 88.0 Å². The summed E-state index contributed by atoms with van der Waals surface area (Å²) in [7, 11) is -4.45. The van der Waals surface area contributed by atoms with Gasteiger partial charge in [-0.3, -0.25) is 0 Å². The van der Waals surface area contributed by atoms with Gasteiger partial charge >= 0.3 is 12.2 Å². The summed E-state index contributed by atoms with van der Waals surface area (Å²) >= 11 is 0. The van der Waals surface area contributed by atoms with Crippen molar-refractivity contribution >= 4 is 16.1 Å². The minimum atomic E-state index is -5.01. The Hall–Kier alpha value is -2.81. The second-order valence-electron chi connectivity index (χ2n) is 8.73. The largest absolute Gasteiger partial charge is 0.417 e. The Kier molecular flexibility index (Phi) is 4.90. The molecule has 3 fully saturated rings. The molecule has 10 nitrogen and oxygen atoms in total. The van der Waals surface area contributed by atoms with Crippen molar-refractivity contribution in [3.63, 3.8) is 0 Å². The van der Waals surface area contributed by atoms with Gasteiger partial charge in [-0.05, 0) is 35.0 Å². The third kappa shape index (κ3) is 3.72. The molecule has 0 N–H and O–H groups in total. The number of tetrazole rings is 1. The van der Waals surface area contributed by atoms with Gasteiger partial charge in [-0.15, -0.1) is 5.10 Å². The molecule has 0 bridgehead atoms. The van der Waals surface area contributed by atoms with E-state index in [1.807, 2.05) is 0 Å². The highest BCUT2D eigenvalue weighted by Crippen LogP contribution is 2.44. The normalized spacial score (nSPS) is 23.0. The molecular weight excluding hydrogens is 470 g/mol. The highest BCUT2D eigenvalue weighted by molar-refractivity contribution is 7.89. The van der Waals surface area contributed by atoms with Gasteiger partial charge in [0.25, 0.3) is 0 Å². The number of likely N-dealkylation sites (tertiary alicyclic amines) is 2. The van der Waals surface area contributed by atoms with Gasteiger partial charge in [0.15, 0.2) is 0 Å². The van der Waals surface area contributed by atoms with Crippen LogP contribution in [0, 0.1) is 11.2 Å². The van der Waals surface area contributed by atoms with E-state index < -0.39 is 37.9 Å². The fourth-order valence-electron chi connectivity index (χ4n) is 4.73. The first kappa shape index (κ1) is 22.0. The first-order valence-corrected chi connectivity index (χ1v) is 11.6. The maximum atomic E-state index is 13.3. The summed E-state index contributed by atoms with van der Waals surface area (Å²) in [6.45, 7) is 1.64. The average molecular weight is 489 g/mol. The quantitative estimate of drug-likeness (QED) is 0.601. The number of sulfonamides is 1. The number of amides is 2. The van der Waals surface area contributed by atoms with Crippen molar-refractivity contribution in [1.29, 1.82) is 0 Å². The van der Waals surface area contributed by atoms with Gasteiger partial charge in [0, 0.05) is 44.7 Å². The van der Waals surface area contributed by atoms with Gasteiger partial charge in [-0.25, -0.2) is 22.3 Å². The van der Waals surface area contributed by atoms with Crippen molar-refractivity contribution in [3.8, 4) is 0 Å². The summed E-state index contributed by atoms with van der Waals surface area (Å²) in [5.74, 6) is -1.17. The maximum absolute atomic E-state index is 13.3. The lowest BCUT2D eigenvalue weighted by atomic mass is 9.74. The lowest BCUT2D eigenvalue weighted by molar-refractivity contribution is -0.140. The molecule has 3 aliphatic heterocycles. The Labute approximate surface area is 185 Å². The van der Waals surface area contributed by atoms with E-state index in [1.165, 1.54) is 6.33 Å². The molecule has 3 aliphatic rings. The second kappa shape index (κ2) is 7.35. The van der Waals surface area contributed by atoms with Crippen molar-refractivity contribution in [2.75, 3.05) is 39.3 Å². The Morgan fingerprint density at radius 2 is 1.85 bits per heavy atom. The predicted octanol–water partition coefficient (Wildman–Crippen LogP) is 1.20. The fraction of sp³-hybridized carbons (Fsp3) is 0.556. The van der Waals surface area contributed by atoms with Crippen LogP contribution in [0.4, 0.5) is 22.4 Å². The van der Waals surface area contributed by atoms with Gasteiger partial charge in [-0.1, -0.05) is 0 Å². The standard InChI is InChI=1S/C18H19F4N7O3S/c19-12-1-2-15(14(5-12)18(20,21)22)33(31,32)28-9-17(10-28)7-27(8-17)16(30)26-4-3-13(6-26)29-11-23-24-25-29/h1-2,5,11,13H,3-4,6-10H2/t13-/m0/s1. The highest BCUT2D eigenvalue weighted by atomic mass is 32.2. The molecule has 3 saturated heterocycles. The number of rotatable bonds is 3. The fourth-order valence-corrected chi connectivity index (χ4v) is 6.58. The number of alkyl halides is 3. The van der Waals surface area contributed by atoms with Crippen molar-refractivity contribution in [2.24, 2.45) is 5.41 Å². The van der Waals surface area contributed by atoms with Crippen LogP contribution >= 0.6 is 0 Å². The SMILES string of the molecule is O=C(N1CC[C@H](n2cnnn2)C1)N1CC2(C1)CN(S(=O)(=O)c1ccc(F)cc1C(F)(F)F)C2. The Morgan fingerprint density at radius 1 is 1.12 bits per heavy atom. The molecule has 0 saturated carbocycles. The average Bonchev–Trinajstić information content (AvgIpc) is 3.36. The van der Waals surface area contributed by atoms with Gasteiger partial charge in [0.2, 0.25) is 10.0 Å². The molecule has 1 spiro atoms. The third-order valence-electron chi connectivity index (χ3n) is 6.38. The molecule has 0 unspecified atom stereocenters. The Morgan fingerprint density at radius 3 is 2.48 bits per heavy atom. The number of halogens is 4. The van der Waals surface area contributed by atoms with Gasteiger partial charge in [-0.2, -0.15) is 17.5 Å². The van der Waals surface area contributed by atoms with Crippen LogP contribution in [-0.2, 0) is 16.2 Å². The number of benzene rings is 1. The van der Waals surface area contributed by atoms with Crippen LogP contribution in [0.1, 0.15) is 18.0 Å². The minimum Gasteiger partial charge on any atom is -0.323 e. The molecule has 2 aromatic rings. The number of nitrogens with zero attached hydrogens (tertiary/aromatic N) is 7. The van der Waals surface area contributed by atoms with Crippen molar-refractivity contribution in [1.82, 2.24) is 34.3 Å². The van der Waals surface area contributed by atoms with E-state index in [0.717, 1.165) is 4.31 Å². The molecule has 4 heterocycles. The molecule has 2 amide bonds. The zero-order valence-corrected chi connectivity index (χ0v) is 17.9. The molecule has 33 heavy (non-hydrogen) atoms. The maximum Gasteiger partial charge on any atom is 0.417 e. The smallest absolute Gasteiger partial charge is 0.323 e. The number of aromatic nitrogens is 4. The topological polar surface area (TPSA) is 105 Å². The number of carbonyl (C=O) groups is 1. The monoisotopic (exact) mass is 489 g/mol. The molecule has 1 aromatic heterocycles. The number of hydrogen-bond donors (Lipinski definition) is 0. The third-order valence-corrected chi connectivity index (χ3v) is 8.23. The van der Waals surface area contributed by atoms with Crippen molar-refractivity contribution in [3.05, 3.63) is 35.9 Å². The first-order chi connectivity index (χ1) is 15.5. The summed E-state index contributed by atoms with van der Waals surface area (Å²) in [4.78, 5) is 15.1. The molecule has 0 radical (unpaired) electrons. The van der Waals surface area contributed by atoms with E-state index >= 15 is 0 Å². The second-order valence-corrected chi connectivity index (χ2v) is 10.6. The lowest BCUT2D eigenvalue weighted by Crippen LogP contribution is -2.74.